The van der Waals surface area contributed by atoms with Gasteiger partial charge in [0, 0.05) is 22.7 Å². The third-order valence-electron chi connectivity index (χ3n) is 2.53. The smallest absolute Gasteiger partial charge is 0.166 e. The van der Waals surface area contributed by atoms with Crippen molar-refractivity contribution in [3.8, 4) is 11.5 Å². The van der Waals surface area contributed by atoms with Crippen LogP contribution in [-0.4, -0.2) is 13.2 Å². The zero-order chi connectivity index (χ0) is 11.0. The van der Waals surface area contributed by atoms with E-state index in [0.29, 0.717) is 24.0 Å². The summed E-state index contributed by atoms with van der Waals surface area (Å²) in [5.41, 5.74) is 7.82. The summed E-state index contributed by atoms with van der Waals surface area (Å²) < 4.78 is 11.1. The molecule has 0 aromatic heterocycles. The molecule has 15 heavy (non-hydrogen) atoms. The number of fused-ring (bicyclic) bond motifs is 1. The molecule has 0 radical (unpaired) electrons. The maximum absolute atomic E-state index is 6.10. The minimum atomic E-state index is -0.112. The van der Waals surface area contributed by atoms with Crippen LogP contribution >= 0.6 is 11.6 Å². The van der Waals surface area contributed by atoms with Gasteiger partial charge in [0.1, 0.15) is 13.2 Å². The van der Waals surface area contributed by atoms with E-state index >= 15 is 0 Å². The van der Waals surface area contributed by atoms with Gasteiger partial charge < -0.3 is 15.2 Å². The van der Waals surface area contributed by atoms with E-state index in [-0.39, 0.29) is 6.04 Å². The van der Waals surface area contributed by atoms with Crippen LogP contribution in [-0.2, 0) is 0 Å². The van der Waals surface area contributed by atoms with Gasteiger partial charge in [0.25, 0.3) is 0 Å². The van der Waals surface area contributed by atoms with E-state index in [1.807, 2.05) is 13.8 Å². The lowest BCUT2D eigenvalue weighted by Gasteiger charge is -2.24. The van der Waals surface area contributed by atoms with Gasteiger partial charge in [-0.05, 0) is 19.4 Å². The second kappa shape index (κ2) is 3.91. The highest BCUT2D eigenvalue weighted by Crippen LogP contribution is 2.41. The maximum atomic E-state index is 6.10. The van der Waals surface area contributed by atoms with Gasteiger partial charge in [0.05, 0.1) is 0 Å². The first-order chi connectivity index (χ1) is 7.11. The summed E-state index contributed by atoms with van der Waals surface area (Å²) >= 11 is 6.10. The first-order valence-electron chi connectivity index (χ1n) is 4.95. The molecule has 0 saturated heterocycles. The van der Waals surface area contributed by atoms with Crippen LogP contribution in [0.15, 0.2) is 6.07 Å². The molecule has 1 atom stereocenters. The van der Waals surface area contributed by atoms with Crippen molar-refractivity contribution >= 4 is 11.6 Å². The first-order valence-corrected chi connectivity index (χ1v) is 5.33. The summed E-state index contributed by atoms with van der Waals surface area (Å²) in [4.78, 5) is 0. The number of halogens is 1. The standard InChI is InChI=1S/C11H14ClNO2/c1-6-8(12)5-9-11(10(6)7(2)13)15-4-3-14-9/h5,7H,3-4,13H2,1-2H3. The van der Waals surface area contributed by atoms with Crippen molar-refractivity contribution in [2.75, 3.05) is 13.2 Å². The quantitative estimate of drug-likeness (QED) is 0.802. The topological polar surface area (TPSA) is 44.5 Å². The second-order valence-corrected chi connectivity index (χ2v) is 4.12. The zero-order valence-electron chi connectivity index (χ0n) is 8.84. The Balaban J connectivity index is 2.63. The average Bonchev–Trinajstić information content (AvgIpc) is 2.19. The van der Waals surface area contributed by atoms with Crippen molar-refractivity contribution in [1.82, 2.24) is 0 Å². The Morgan fingerprint density at radius 2 is 2.07 bits per heavy atom. The molecule has 1 aromatic carbocycles. The number of hydrogen-bond acceptors (Lipinski definition) is 3. The molecule has 4 heteroatoms. The fourth-order valence-corrected chi connectivity index (χ4v) is 2.02. The molecule has 2 N–H and O–H groups in total. The molecular formula is C11H14ClNO2. The second-order valence-electron chi connectivity index (χ2n) is 3.71. The van der Waals surface area contributed by atoms with Gasteiger partial charge in [-0.3, -0.25) is 0 Å². The van der Waals surface area contributed by atoms with E-state index in [0.717, 1.165) is 16.9 Å². The fourth-order valence-electron chi connectivity index (χ4n) is 1.82. The Kier molecular flexibility index (Phi) is 2.76. The van der Waals surface area contributed by atoms with E-state index < -0.39 is 0 Å². The fraction of sp³-hybridized carbons (Fsp3) is 0.455. The molecule has 0 saturated carbocycles. The van der Waals surface area contributed by atoms with Crippen molar-refractivity contribution in [3.63, 3.8) is 0 Å². The molecule has 1 aromatic rings. The van der Waals surface area contributed by atoms with Gasteiger partial charge in [0.2, 0.25) is 0 Å². The molecule has 0 aliphatic carbocycles. The van der Waals surface area contributed by atoms with E-state index in [9.17, 15) is 0 Å². The van der Waals surface area contributed by atoms with Crippen molar-refractivity contribution < 1.29 is 9.47 Å². The predicted octanol–water partition coefficient (Wildman–Crippen LogP) is 2.44. The molecule has 82 valence electrons. The van der Waals surface area contributed by atoms with Gasteiger partial charge in [0.15, 0.2) is 11.5 Å². The largest absolute Gasteiger partial charge is 0.486 e. The summed E-state index contributed by atoms with van der Waals surface area (Å²) in [5.74, 6) is 1.45. The average molecular weight is 228 g/mol. The summed E-state index contributed by atoms with van der Waals surface area (Å²) in [6.45, 7) is 4.98. The molecule has 0 spiro atoms. The third kappa shape index (κ3) is 1.77. The molecular weight excluding hydrogens is 214 g/mol. The van der Waals surface area contributed by atoms with Crippen LogP contribution in [0.2, 0.25) is 5.02 Å². The Morgan fingerprint density at radius 1 is 1.40 bits per heavy atom. The normalized spacial score (nSPS) is 16.3. The minimum absolute atomic E-state index is 0.112. The lowest BCUT2D eigenvalue weighted by atomic mass is 10.0. The van der Waals surface area contributed by atoms with Gasteiger partial charge in [-0.1, -0.05) is 11.6 Å². The molecule has 3 nitrogen and oxygen atoms in total. The third-order valence-corrected chi connectivity index (χ3v) is 2.92. The minimum Gasteiger partial charge on any atom is -0.486 e. The van der Waals surface area contributed by atoms with E-state index in [4.69, 9.17) is 26.8 Å². The molecule has 1 aliphatic heterocycles. The highest BCUT2D eigenvalue weighted by molar-refractivity contribution is 6.31. The van der Waals surface area contributed by atoms with Crippen LogP contribution in [0.25, 0.3) is 0 Å². The lowest BCUT2D eigenvalue weighted by molar-refractivity contribution is 0.169. The van der Waals surface area contributed by atoms with E-state index in [2.05, 4.69) is 0 Å². The number of rotatable bonds is 1. The van der Waals surface area contributed by atoms with Crippen molar-refractivity contribution in [1.29, 1.82) is 0 Å². The Bertz CT molecular complexity index is 391. The summed E-state index contributed by atoms with van der Waals surface area (Å²) in [6, 6.07) is 1.68. The number of nitrogens with two attached hydrogens (primary N) is 1. The molecule has 1 unspecified atom stereocenters. The van der Waals surface area contributed by atoms with Gasteiger partial charge in [-0.25, -0.2) is 0 Å². The Morgan fingerprint density at radius 3 is 2.73 bits per heavy atom. The van der Waals surface area contributed by atoms with E-state index in [1.165, 1.54) is 0 Å². The van der Waals surface area contributed by atoms with E-state index in [1.54, 1.807) is 6.07 Å². The van der Waals surface area contributed by atoms with Crippen molar-refractivity contribution in [2.24, 2.45) is 5.73 Å². The van der Waals surface area contributed by atoms with Gasteiger partial charge in [-0.2, -0.15) is 0 Å². The summed E-state index contributed by atoms with van der Waals surface area (Å²) in [5, 5.41) is 0.673. The maximum Gasteiger partial charge on any atom is 0.166 e. The van der Waals surface area contributed by atoms with Crippen LogP contribution in [0.5, 0.6) is 11.5 Å². The number of ether oxygens (including phenoxy) is 2. The molecule has 2 rings (SSSR count). The molecule has 0 bridgehead atoms. The highest BCUT2D eigenvalue weighted by Gasteiger charge is 2.22. The van der Waals surface area contributed by atoms with Crippen molar-refractivity contribution in [3.05, 3.63) is 22.2 Å². The Labute approximate surface area is 94.1 Å². The van der Waals surface area contributed by atoms with Crippen LogP contribution in [0, 0.1) is 6.92 Å². The number of benzene rings is 1. The summed E-state index contributed by atoms with van der Waals surface area (Å²) in [6.07, 6.45) is 0. The first kappa shape index (κ1) is 10.6. The molecule has 0 amide bonds. The SMILES string of the molecule is Cc1c(Cl)cc2c(c1C(C)N)OCCO2. The predicted molar refractivity (Wildman–Crippen MR) is 59.8 cm³/mol. The van der Waals surface area contributed by atoms with Crippen molar-refractivity contribution in [2.45, 2.75) is 19.9 Å². The molecule has 1 aliphatic rings. The van der Waals surface area contributed by atoms with Crippen LogP contribution in [0.3, 0.4) is 0 Å². The van der Waals surface area contributed by atoms with Crippen LogP contribution in [0.1, 0.15) is 24.1 Å². The number of hydrogen-bond donors (Lipinski definition) is 1. The zero-order valence-corrected chi connectivity index (χ0v) is 9.60. The highest BCUT2D eigenvalue weighted by atomic mass is 35.5. The monoisotopic (exact) mass is 227 g/mol. The molecule has 1 heterocycles. The van der Waals surface area contributed by atoms with Crippen LogP contribution in [0.4, 0.5) is 0 Å². The van der Waals surface area contributed by atoms with Gasteiger partial charge in [-0.15, -0.1) is 0 Å². The Hall–Kier alpha value is -0.930. The van der Waals surface area contributed by atoms with Crippen LogP contribution < -0.4 is 15.2 Å². The molecule has 0 fully saturated rings. The lowest BCUT2D eigenvalue weighted by Crippen LogP contribution is -2.19. The summed E-state index contributed by atoms with van der Waals surface area (Å²) in [7, 11) is 0. The van der Waals surface area contributed by atoms with Gasteiger partial charge >= 0.3 is 0 Å².